The van der Waals surface area contributed by atoms with E-state index in [0.29, 0.717) is 22.3 Å². The van der Waals surface area contributed by atoms with Gasteiger partial charge in [-0.2, -0.15) is 0 Å². The molecule has 1 saturated carbocycles. The Bertz CT molecular complexity index is 500. The van der Waals surface area contributed by atoms with Gasteiger partial charge in [-0.3, -0.25) is 4.79 Å². The first-order chi connectivity index (χ1) is 8.08. The Labute approximate surface area is 104 Å². The lowest BCUT2D eigenvalue weighted by atomic mass is 10.1. The zero-order valence-corrected chi connectivity index (χ0v) is 10.2. The number of carbonyl (C=O) groups is 1. The van der Waals surface area contributed by atoms with E-state index in [1.807, 2.05) is 13.1 Å². The highest BCUT2D eigenvalue weighted by atomic mass is 35.5. The zero-order valence-electron chi connectivity index (χ0n) is 9.40. The second-order valence-corrected chi connectivity index (χ2v) is 5.03. The molecular weight excluding hydrogens is 240 g/mol. The number of nitrogens with one attached hydrogen (secondary N) is 1. The van der Waals surface area contributed by atoms with Crippen LogP contribution in [0.3, 0.4) is 0 Å². The van der Waals surface area contributed by atoms with E-state index in [1.54, 1.807) is 6.07 Å². The first-order valence-electron chi connectivity index (χ1n) is 5.63. The number of nitrogens with zero attached hydrogens (tertiary/aromatic N) is 1. The van der Waals surface area contributed by atoms with Crippen molar-refractivity contribution in [3.05, 3.63) is 22.7 Å². The molecule has 1 heterocycles. The lowest BCUT2D eigenvalue weighted by molar-refractivity contribution is -0.123. The molecule has 1 amide bonds. The van der Waals surface area contributed by atoms with Crippen molar-refractivity contribution < 1.29 is 9.90 Å². The van der Waals surface area contributed by atoms with Crippen LogP contribution in [0.4, 0.5) is 11.4 Å². The molecule has 4 nitrogen and oxygen atoms in total. The fourth-order valence-electron chi connectivity index (χ4n) is 2.18. The molecule has 0 bridgehead atoms. The maximum Gasteiger partial charge on any atom is 0.257 e. The van der Waals surface area contributed by atoms with Crippen molar-refractivity contribution in [2.75, 3.05) is 17.3 Å². The van der Waals surface area contributed by atoms with E-state index in [0.717, 1.165) is 5.69 Å². The van der Waals surface area contributed by atoms with E-state index in [4.69, 9.17) is 11.6 Å². The molecule has 2 aliphatic rings. The number of hydrogen-bond donors (Lipinski definition) is 2. The average Bonchev–Trinajstić information content (AvgIpc) is 3.09. The second-order valence-electron chi connectivity index (χ2n) is 4.62. The molecule has 0 aromatic heterocycles. The minimum absolute atomic E-state index is 0.387. The van der Waals surface area contributed by atoms with E-state index >= 15 is 0 Å². The number of anilines is 2. The van der Waals surface area contributed by atoms with Crippen molar-refractivity contribution >= 4 is 28.9 Å². The second kappa shape index (κ2) is 3.62. The topological polar surface area (TPSA) is 52.6 Å². The highest BCUT2D eigenvalue weighted by Gasteiger charge is 2.32. The number of fused-ring (bicyclic) bond motifs is 1. The number of benzene rings is 1. The molecule has 5 heteroatoms. The number of hydrogen-bond acceptors (Lipinski definition) is 3. The summed E-state index contributed by atoms with van der Waals surface area (Å²) in [5.41, 5.74) is 2.13. The third-order valence-electron chi connectivity index (χ3n) is 3.39. The number of carbonyl (C=O) groups excluding carboxylic acids is 1. The molecule has 1 fully saturated rings. The largest absolute Gasteiger partial charge is 0.378 e. The molecule has 90 valence electrons. The van der Waals surface area contributed by atoms with E-state index in [1.165, 1.54) is 12.8 Å². The molecule has 3 rings (SSSR count). The van der Waals surface area contributed by atoms with Gasteiger partial charge in [-0.05, 0) is 25.0 Å². The SMILES string of the molecule is CN(c1cc2c(cc1Cl)C(O)C(=O)N2)C1CC1. The van der Waals surface area contributed by atoms with Crippen LogP contribution in [-0.4, -0.2) is 24.1 Å². The van der Waals surface area contributed by atoms with Gasteiger partial charge in [0.15, 0.2) is 6.10 Å². The average molecular weight is 253 g/mol. The van der Waals surface area contributed by atoms with E-state index in [9.17, 15) is 9.90 Å². The third-order valence-corrected chi connectivity index (χ3v) is 3.70. The summed E-state index contributed by atoms with van der Waals surface area (Å²) in [6.45, 7) is 0. The standard InChI is InChI=1S/C12H13ClN2O2/c1-15(6-2-3-6)10-5-9-7(4-8(10)13)11(16)12(17)14-9/h4-6,11,16H,2-3H2,1H3,(H,14,17). The van der Waals surface area contributed by atoms with Gasteiger partial charge in [0.05, 0.1) is 10.7 Å². The van der Waals surface area contributed by atoms with Crippen LogP contribution in [0, 0.1) is 0 Å². The molecule has 0 saturated heterocycles. The van der Waals surface area contributed by atoms with Crippen LogP contribution in [0.1, 0.15) is 24.5 Å². The summed E-state index contributed by atoms with van der Waals surface area (Å²) in [6, 6.07) is 4.06. The Morgan fingerprint density at radius 1 is 1.47 bits per heavy atom. The zero-order chi connectivity index (χ0) is 12.2. The molecule has 17 heavy (non-hydrogen) atoms. The van der Waals surface area contributed by atoms with Crippen molar-refractivity contribution in [2.45, 2.75) is 25.0 Å². The Morgan fingerprint density at radius 2 is 2.18 bits per heavy atom. The Morgan fingerprint density at radius 3 is 2.82 bits per heavy atom. The van der Waals surface area contributed by atoms with E-state index in [-0.39, 0.29) is 5.91 Å². The number of aliphatic hydroxyl groups excluding tert-OH is 1. The van der Waals surface area contributed by atoms with Crippen molar-refractivity contribution in [1.82, 2.24) is 0 Å². The summed E-state index contributed by atoms with van der Waals surface area (Å²) in [6.07, 6.45) is 1.26. The predicted molar refractivity (Wildman–Crippen MR) is 66.5 cm³/mol. The molecule has 0 spiro atoms. The number of halogens is 1. The lowest BCUT2D eigenvalue weighted by Gasteiger charge is -2.21. The van der Waals surface area contributed by atoms with Crippen LogP contribution in [0.25, 0.3) is 0 Å². The number of aliphatic hydroxyl groups is 1. The summed E-state index contributed by atoms with van der Waals surface area (Å²) < 4.78 is 0. The van der Waals surface area contributed by atoms with Gasteiger partial charge in [0, 0.05) is 24.3 Å². The van der Waals surface area contributed by atoms with Crippen LogP contribution in [0.2, 0.25) is 5.02 Å². The van der Waals surface area contributed by atoms with Gasteiger partial charge in [0.2, 0.25) is 0 Å². The normalized spacial score (nSPS) is 22.3. The Kier molecular flexibility index (Phi) is 2.31. The minimum Gasteiger partial charge on any atom is -0.378 e. The van der Waals surface area contributed by atoms with E-state index in [2.05, 4.69) is 10.2 Å². The van der Waals surface area contributed by atoms with Gasteiger partial charge in [-0.15, -0.1) is 0 Å². The molecule has 1 aliphatic heterocycles. The van der Waals surface area contributed by atoms with Crippen LogP contribution in [-0.2, 0) is 4.79 Å². The summed E-state index contributed by atoms with van der Waals surface area (Å²) in [5, 5.41) is 12.9. The molecule has 1 aromatic carbocycles. The first-order valence-corrected chi connectivity index (χ1v) is 6.01. The molecular formula is C12H13ClN2O2. The van der Waals surface area contributed by atoms with Crippen LogP contribution in [0.5, 0.6) is 0 Å². The van der Waals surface area contributed by atoms with Gasteiger partial charge < -0.3 is 15.3 Å². The summed E-state index contributed by atoms with van der Waals surface area (Å²) in [4.78, 5) is 13.5. The quantitative estimate of drug-likeness (QED) is 0.846. The van der Waals surface area contributed by atoms with Gasteiger partial charge in [0.25, 0.3) is 5.91 Å². The Balaban J connectivity index is 2.03. The van der Waals surface area contributed by atoms with E-state index < -0.39 is 6.10 Å². The minimum atomic E-state index is -1.09. The van der Waals surface area contributed by atoms with Gasteiger partial charge in [-0.25, -0.2) is 0 Å². The van der Waals surface area contributed by atoms with Gasteiger partial charge >= 0.3 is 0 Å². The molecule has 1 aliphatic carbocycles. The molecule has 1 atom stereocenters. The maximum atomic E-state index is 11.4. The van der Waals surface area contributed by atoms with Crippen molar-refractivity contribution in [1.29, 1.82) is 0 Å². The van der Waals surface area contributed by atoms with Crippen LogP contribution in [0.15, 0.2) is 12.1 Å². The Hall–Kier alpha value is -1.26. The first kappa shape index (κ1) is 10.9. The van der Waals surface area contributed by atoms with Crippen molar-refractivity contribution in [3.8, 4) is 0 Å². The molecule has 1 aromatic rings. The van der Waals surface area contributed by atoms with Gasteiger partial charge in [0.1, 0.15) is 0 Å². The summed E-state index contributed by atoms with van der Waals surface area (Å²) in [7, 11) is 2.00. The van der Waals surface area contributed by atoms with Crippen LogP contribution < -0.4 is 10.2 Å². The summed E-state index contributed by atoms with van der Waals surface area (Å²) in [5.74, 6) is -0.387. The monoisotopic (exact) mass is 252 g/mol. The maximum absolute atomic E-state index is 11.4. The predicted octanol–water partition coefficient (Wildman–Crippen LogP) is 1.92. The molecule has 0 radical (unpaired) electrons. The van der Waals surface area contributed by atoms with Crippen molar-refractivity contribution in [2.24, 2.45) is 0 Å². The highest BCUT2D eigenvalue weighted by molar-refractivity contribution is 6.33. The summed E-state index contributed by atoms with van der Waals surface area (Å²) >= 11 is 6.20. The number of rotatable bonds is 2. The highest BCUT2D eigenvalue weighted by Crippen LogP contribution is 2.41. The fraction of sp³-hybridized carbons (Fsp3) is 0.417. The molecule has 1 unspecified atom stereocenters. The van der Waals surface area contributed by atoms with Gasteiger partial charge in [-0.1, -0.05) is 11.6 Å². The molecule has 2 N–H and O–H groups in total. The fourth-order valence-corrected chi connectivity index (χ4v) is 2.49. The number of amides is 1. The smallest absolute Gasteiger partial charge is 0.257 e. The lowest BCUT2D eigenvalue weighted by Crippen LogP contribution is -2.19. The third kappa shape index (κ3) is 1.68. The van der Waals surface area contributed by atoms with Crippen molar-refractivity contribution in [3.63, 3.8) is 0 Å². The van der Waals surface area contributed by atoms with Crippen LogP contribution >= 0.6 is 11.6 Å².